The first kappa shape index (κ1) is 17.8. The summed E-state index contributed by atoms with van der Waals surface area (Å²) >= 11 is 1.54. The van der Waals surface area contributed by atoms with E-state index in [1.165, 1.54) is 30.4 Å². The molecular weight excluding hydrogens is 333 g/mol. The van der Waals surface area contributed by atoms with Crippen molar-refractivity contribution in [2.45, 2.75) is 19.8 Å². The van der Waals surface area contributed by atoms with E-state index in [1.54, 1.807) is 0 Å². The maximum absolute atomic E-state index is 13.9. The van der Waals surface area contributed by atoms with Crippen molar-refractivity contribution in [3.8, 4) is 0 Å². The van der Waals surface area contributed by atoms with E-state index in [0.29, 0.717) is 6.42 Å². The van der Waals surface area contributed by atoms with Crippen LogP contribution in [-0.2, 0) is 20.7 Å². The molecule has 24 heavy (non-hydrogen) atoms. The van der Waals surface area contributed by atoms with Gasteiger partial charge in [0.25, 0.3) is 0 Å². The lowest BCUT2D eigenvalue weighted by atomic mass is 10.1. The van der Waals surface area contributed by atoms with Crippen molar-refractivity contribution in [1.29, 1.82) is 0 Å². The average molecular weight is 349 g/mol. The van der Waals surface area contributed by atoms with Crippen molar-refractivity contribution >= 4 is 34.7 Å². The molecule has 0 spiro atoms. The molecule has 0 saturated heterocycles. The molecule has 0 fully saturated rings. The summed E-state index contributed by atoms with van der Waals surface area (Å²) in [5.74, 6) is -2.26. The Kier molecular flexibility index (Phi) is 6.20. The lowest BCUT2D eigenvalue weighted by molar-refractivity contribution is -0.142. The zero-order valence-electron chi connectivity index (χ0n) is 13.0. The molecule has 0 unspecified atom stereocenters. The molecule has 0 atom stereocenters. The Morgan fingerprint density at radius 2 is 2.04 bits per heavy atom. The predicted molar refractivity (Wildman–Crippen MR) is 88.6 cm³/mol. The van der Waals surface area contributed by atoms with Crippen LogP contribution in [-0.4, -0.2) is 24.3 Å². The quantitative estimate of drug-likeness (QED) is 0.615. The smallest absolute Gasteiger partial charge is 0.306 e. The van der Waals surface area contributed by atoms with Gasteiger partial charge in [-0.05, 0) is 36.1 Å². The van der Waals surface area contributed by atoms with Crippen molar-refractivity contribution in [2.75, 3.05) is 11.9 Å². The zero-order valence-corrected chi connectivity index (χ0v) is 13.8. The Labute approximate surface area is 142 Å². The second-order valence-corrected chi connectivity index (χ2v) is 6.07. The molecule has 0 bridgehead atoms. The number of Topliss-reactive ketones (excluding diaryl/α,β-unsaturated/α-hetero) is 1. The van der Waals surface area contributed by atoms with Gasteiger partial charge in [-0.1, -0.05) is 6.07 Å². The van der Waals surface area contributed by atoms with Crippen LogP contribution >= 0.6 is 11.3 Å². The number of carbonyl (C=O) groups excluding carboxylic acids is 3. The lowest BCUT2D eigenvalue weighted by Crippen LogP contribution is -2.16. The summed E-state index contributed by atoms with van der Waals surface area (Å²) in [7, 11) is 0. The number of rotatable bonds is 7. The molecule has 0 radical (unpaired) electrons. The minimum Gasteiger partial charge on any atom is -0.457 e. The van der Waals surface area contributed by atoms with Gasteiger partial charge >= 0.3 is 5.97 Å². The van der Waals surface area contributed by atoms with E-state index in [1.807, 2.05) is 17.5 Å². The number of anilines is 1. The number of aryl methyl sites for hydroxylation is 1. The number of amides is 1. The summed E-state index contributed by atoms with van der Waals surface area (Å²) in [6, 6.07) is 7.52. The summed E-state index contributed by atoms with van der Waals surface area (Å²) in [4.78, 5) is 35.5. The Morgan fingerprint density at radius 1 is 1.25 bits per heavy atom. The van der Waals surface area contributed by atoms with Gasteiger partial charge in [-0.3, -0.25) is 14.4 Å². The van der Waals surface area contributed by atoms with E-state index in [-0.39, 0.29) is 23.6 Å². The number of ketones is 1. The van der Waals surface area contributed by atoms with Gasteiger partial charge in [-0.15, -0.1) is 11.3 Å². The Bertz CT molecular complexity index is 743. The topological polar surface area (TPSA) is 72.5 Å². The molecule has 2 aromatic rings. The highest BCUT2D eigenvalue weighted by molar-refractivity contribution is 7.09. The summed E-state index contributed by atoms with van der Waals surface area (Å²) < 4.78 is 18.8. The van der Waals surface area contributed by atoms with Gasteiger partial charge in [0.2, 0.25) is 11.7 Å². The number of hydrogen-bond donors (Lipinski definition) is 1. The highest BCUT2D eigenvalue weighted by Crippen LogP contribution is 2.16. The minimum atomic E-state index is -0.777. The van der Waals surface area contributed by atoms with Crippen LogP contribution in [0.25, 0.3) is 0 Å². The van der Waals surface area contributed by atoms with Gasteiger partial charge < -0.3 is 10.1 Å². The normalized spacial score (nSPS) is 10.2. The van der Waals surface area contributed by atoms with Crippen molar-refractivity contribution in [1.82, 2.24) is 0 Å². The summed E-state index contributed by atoms with van der Waals surface area (Å²) in [6.45, 7) is 0.784. The molecule has 1 aromatic carbocycles. The van der Waals surface area contributed by atoms with Crippen molar-refractivity contribution in [3.63, 3.8) is 0 Å². The van der Waals surface area contributed by atoms with E-state index in [0.717, 1.165) is 10.9 Å². The number of benzene rings is 1. The van der Waals surface area contributed by atoms with Gasteiger partial charge in [0, 0.05) is 17.5 Å². The largest absolute Gasteiger partial charge is 0.457 e. The Hall–Kier alpha value is -2.54. The third-order valence-corrected chi connectivity index (χ3v) is 4.05. The molecule has 1 N–H and O–H groups in total. The second kappa shape index (κ2) is 8.35. The molecule has 0 aliphatic heterocycles. The molecule has 126 valence electrons. The average Bonchev–Trinajstić information content (AvgIpc) is 3.03. The van der Waals surface area contributed by atoms with Crippen LogP contribution < -0.4 is 5.32 Å². The minimum absolute atomic E-state index is 0.164. The Balaban J connectivity index is 1.85. The van der Waals surface area contributed by atoms with Gasteiger partial charge in [0.1, 0.15) is 5.82 Å². The molecule has 2 rings (SSSR count). The molecule has 1 heterocycles. The third-order valence-electron chi connectivity index (χ3n) is 3.11. The number of thiophene rings is 1. The standard InChI is InChI=1S/C17H16FNO4S/c1-11(20)19-12-4-6-14(15(18)9-12)16(21)10-23-17(22)7-5-13-3-2-8-24-13/h2-4,6,8-9H,5,7,10H2,1H3,(H,19,20). The third kappa shape index (κ3) is 5.27. The van der Waals surface area contributed by atoms with Crippen molar-refractivity contribution < 1.29 is 23.5 Å². The van der Waals surface area contributed by atoms with Crippen molar-refractivity contribution in [2.24, 2.45) is 0 Å². The highest BCUT2D eigenvalue weighted by Gasteiger charge is 2.15. The highest BCUT2D eigenvalue weighted by atomic mass is 32.1. The van der Waals surface area contributed by atoms with E-state index >= 15 is 0 Å². The number of nitrogens with one attached hydrogen (secondary N) is 1. The van der Waals surface area contributed by atoms with Crippen LogP contribution in [0.4, 0.5) is 10.1 Å². The summed E-state index contributed by atoms with van der Waals surface area (Å²) in [6.07, 6.45) is 0.711. The number of ether oxygens (including phenoxy) is 1. The molecule has 1 aromatic heterocycles. The summed E-state index contributed by atoms with van der Waals surface area (Å²) in [5.41, 5.74) is 0.0691. The van der Waals surface area contributed by atoms with Gasteiger partial charge in [-0.25, -0.2) is 4.39 Å². The molecule has 0 aliphatic carbocycles. The number of carbonyl (C=O) groups is 3. The van der Waals surface area contributed by atoms with Crippen LogP contribution in [0.15, 0.2) is 35.7 Å². The van der Waals surface area contributed by atoms with Crippen molar-refractivity contribution in [3.05, 3.63) is 52.0 Å². The first-order chi connectivity index (χ1) is 11.5. The SMILES string of the molecule is CC(=O)Nc1ccc(C(=O)COC(=O)CCc2cccs2)c(F)c1. The van der Waals surface area contributed by atoms with Gasteiger partial charge in [0.05, 0.1) is 12.0 Å². The molecule has 1 amide bonds. The number of halogens is 1. The van der Waals surface area contributed by atoms with Crippen LogP contribution in [0, 0.1) is 5.82 Å². The van der Waals surface area contributed by atoms with Crippen LogP contribution in [0.2, 0.25) is 0 Å². The first-order valence-electron chi connectivity index (χ1n) is 7.24. The van der Waals surface area contributed by atoms with Crippen LogP contribution in [0.5, 0.6) is 0 Å². The molecule has 5 nitrogen and oxygen atoms in total. The fourth-order valence-corrected chi connectivity index (χ4v) is 2.71. The van der Waals surface area contributed by atoms with E-state index in [4.69, 9.17) is 4.74 Å². The van der Waals surface area contributed by atoms with E-state index in [9.17, 15) is 18.8 Å². The Morgan fingerprint density at radius 3 is 2.67 bits per heavy atom. The first-order valence-corrected chi connectivity index (χ1v) is 8.12. The number of esters is 1. The van der Waals surface area contributed by atoms with Gasteiger partial charge in [0.15, 0.2) is 6.61 Å². The van der Waals surface area contributed by atoms with E-state index < -0.39 is 24.2 Å². The van der Waals surface area contributed by atoms with E-state index in [2.05, 4.69) is 5.32 Å². The van der Waals surface area contributed by atoms with Crippen LogP contribution in [0.3, 0.4) is 0 Å². The molecule has 0 aliphatic rings. The predicted octanol–water partition coefficient (Wildman–Crippen LogP) is 3.20. The summed E-state index contributed by atoms with van der Waals surface area (Å²) in [5, 5.41) is 4.33. The molecular formula is C17H16FNO4S. The lowest BCUT2D eigenvalue weighted by Gasteiger charge is -2.07. The fraction of sp³-hybridized carbons (Fsp3) is 0.235. The fourth-order valence-electron chi connectivity index (χ4n) is 2.00. The maximum atomic E-state index is 13.9. The molecule has 0 saturated carbocycles. The number of hydrogen-bond acceptors (Lipinski definition) is 5. The zero-order chi connectivity index (χ0) is 17.5. The second-order valence-electron chi connectivity index (χ2n) is 5.04. The molecule has 7 heteroatoms. The van der Waals surface area contributed by atoms with Gasteiger partial charge in [-0.2, -0.15) is 0 Å². The maximum Gasteiger partial charge on any atom is 0.306 e. The van der Waals surface area contributed by atoms with Crippen LogP contribution in [0.1, 0.15) is 28.6 Å². The monoisotopic (exact) mass is 349 g/mol.